The van der Waals surface area contributed by atoms with Crippen molar-refractivity contribution in [2.75, 3.05) is 25.0 Å². The van der Waals surface area contributed by atoms with Crippen molar-refractivity contribution in [1.29, 1.82) is 0 Å². The first-order valence-corrected chi connectivity index (χ1v) is 18.4. The number of carbonyl (C=O) groups excluding carboxylic acids is 1. The first-order chi connectivity index (χ1) is 25.9. The van der Waals surface area contributed by atoms with Crippen LogP contribution in [0.3, 0.4) is 0 Å². The molecule has 0 radical (unpaired) electrons. The second-order valence-corrected chi connectivity index (χ2v) is 13.9. The van der Waals surface area contributed by atoms with Crippen LogP contribution in [-0.2, 0) is 22.6 Å². The van der Waals surface area contributed by atoms with Crippen LogP contribution in [-0.4, -0.2) is 53.0 Å². The summed E-state index contributed by atoms with van der Waals surface area (Å²) < 4.78 is 19.3. The lowest BCUT2D eigenvalue weighted by Crippen LogP contribution is -2.46. The Bertz CT molecular complexity index is 1940. The SMILES string of the molecule is C[C@@H]1[C@H](CN2CCC[C@H]2CO)O[C@H](c2cccc(-c3cccc(CNC(=O)Nc4ccc(Oc5ccccc5)cc4)c3)c2)O[C@@H]1c1ccc(CO)cc1. The van der Waals surface area contributed by atoms with Gasteiger partial charge in [-0.3, -0.25) is 4.90 Å². The highest BCUT2D eigenvalue weighted by Crippen LogP contribution is 2.43. The molecular formula is C44H47N3O6. The summed E-state index contributed by atoms with van der Waals surface area (Å²) in [5, 5.41) is 25.5. The number of ether oxygens (including phenoxy) is 3. The lowest BCUT2D eigenvalue weighted by molar-refractivity contribution is -0.276. The van der Waals surface area contributed by atoms with E-state index in [9.17, 15) is 15.0 Å². The van der Waals surface area contributed by atoms with Gasteiger partial charge in [0.15, 0.2) is 6.29 Å². The topological polar surface area (TPSA) is 113 Å². The van der Waals surface area contributed by atoms with Crippen LogP contribution in [0.15, 0.2) is 127 Å². The van der Waals surface area contributed by atoms with Gasteiger partial charge in [0.05, 0.1) is 25.4 Å². The predicted octanol–water partition coefficient (Wildman–Crippen LogP) is 8.21. The summed E-state index contributed by atoms with van der Waals surface area (Å²) in [5.74, 6) is 1.49. The quantitative estimate of drug-likeness (QED) is 0.103. The molecule has 4 N–H and O–H groups in total. The standard InChI is InChI=1S/C44H47N3O6/c1-30-41(27-47-23-7-12-38(47)29-49)52-43(53-42(30)33-17-15-31(28-48)16-18-33)36-11-6-10-35(25-36)34-9-5-8-32(24-34)26-45-44(50)46-37-19-21-40(22-20-37)51-39-13-3-2-4-14-39/h2-6,8-11,13-22,24-25,30,38,41-43,48-49H,7,12,23,26-29H2,1H3,(H2,45,46,50)/t30-,38+,41+,42+,43+/m1/s1. The number of urea groups is 1. The number of likely N-dealkylation sites (tertiary alicyclic amines) is 1. The van der Waals surface area contributed by atoms with Crippen molar-refractivity contribution >= 4 is 11.7 Å². The Morgan fingerprint density at radius 1 is 0.792 bits per heavy atom. The molecule has 2 aliphatic rings. The lowest BCUT2D eigenvalue weighted by atomic mass is 9.89. The zero-order chi connectivity index (χ0) is 36.6. The minimum atomic E-state index is -0.596. The number of aliphatic hydroxyl groups excluding tert-OH is 2. The number of para-hydroxylation sites is 1. The van der Waals surface area contributed by atoms with E-state index >= 15 is 0 Å². The normalized spacial score (nSPS) is 21.6. The third-order valence-corrected chi connectivity index (χ3v) is 10.2. The molecule has 53 heavy (non-hydrogen) atoms. The van der Waals surface area contributed by atoms with E-state index in [-0.39, 0.29) is 43.4 Å². The number of nitrogens with one attached hydrogen (secondary N) is 2. The van der Waals surface area contributed by atoms with Crippen LogP contribution < -0.4 is 15.4 Å². The number of anilines is 1. The van der Waals surface area contributed by atoms with Crippen LogP contribution in [0.1, 0.15) is 54.4 Å². The zero-order valence-corrected chi connectivity index (χ0v) is 29.9. The number of aliphatic hydroxyl groups is 2. The summed E-state index contributed by atoms with van der Waals surface area (Å²) >= 11 is 0. The Kier molecular flexibility index (Phi) is 11.8. The Morgan fingerprint density at radius 3 is 2.28 bits per heavy atom. The molecule has 9 heteroatoms. The minimum absolute atomic E-state index is 0.00897. The van der Waals surface area contributed by atoms with Crippen molar-refractivity contribution in [1.82, 2.24) is 10.2 Å². The maximum absolute atomic E-state index is 12.8. The molecular weight excluding hydrogens is 666 g/mol. The van der Waals surface area contributed by atoms with Crippen molar-refractivity contribution in [3.8, 4) is 22.6 Å². The van der Waals surface area contributed by atoms with Crippen molar-refractivity contribution in [2.45, 2.75) is 57.5 Å². The summed E-state index contributed by atoms with van der Waals surface area (Å²) in [4.78, 5) is 15.1. The molecule has 5 aromatic carbocycles. The van der Waals surface area contributed by atoms with Gasteiger partial charge in [-0.1, -0.05) is 85.8 Å². The molecule has 2 saturated heterocycles. The Morgan fingerprint density at radius 2 is 1.53 bits per heavy atom. The van der Waals surface area contributed by atoms with Gasteiger partial charge < -0.3 is 35.1 Å². The summed E-state index contributed by atoms with van der Waals surface area (Å²) in [6.45, 7) is 4.32. The summed E-state index contributed by atoms with van der Waals surface area (Å²) in [6, 6.07) is 41.0. The third kappa shape index (κ3) is 9.14. The molecule has 2 heterocycles. The minimum Gasteiger partial charge on any atom is -0.457 e. The van der Waals surface area contributed by atoms with E-state index in [1.807, 2.05) is 91.0 Å². The first-order valence-electron chi connectivity index (χ1n) is 18.4. The Labute approximate surface area is 311 Å². The molecule has 5 atom stereocenters. The molecule has 0 saturated carbocycles. The van der Waals surface area contributed by atoms with Crippen LogP contribution in [0.2, 0.25) is 0 Å². The number of nitrogens with zero attached hydrogens (tertiary/aromatic N) is 1. The monoisotopic (exact) mass is 713 g/mol. The van der Waals surface area contributed by atoms with Crippen molar-refractivity contribution < 1.29 is 29.2 Å². The molecule has 7 rings (SSSR count). The maximum Gasteiger partial charge on any atom is 0.319 e. The first kappa shape index (κ1) is 36.3. The highest BCUT2D eigenvalue weighted by Gasteiger charge is 2.40. The number of benzene rings is 5. The smallest absolute Gasteiger partial charge is 0.319 e. The van der Waals surface area contributed by atoms with Crippen LogP contribution in [0.4, 0.5) is 10.5 Å². The van der Waals surface area contributed by atoms with Gasteiger partial charge in [-0.05, 0) is 95.7 Å². The van der Waals surface area contributed by atoms with Crippen LogP contribution >= 0.6 is 0 Å². The van der Waals surface area contributed by atoms with Gasteiger partial charge in [-0.15, -0.1) is 0 Å². The molecule has 0 spiro atoms. The molecule has 0 aliphatic carbocycles. The Hall–Kier alpha value is -5.03. The van der Waals surface area contributed by atoms with Crippen molar-refractivity contribution in [3.63, 3.8) is 0 Å². The van der Waals surface area contributed by atoms with Gasteiger partial charge in [0.2, 0.25) is 0 Å². The van der Waals surface area contributed by atoms with Crippen molar-refractivity contribution in [2.24, 2.45) is 5.92 Å². The predicted molar refractivity (Wildman–Crippen MR) is 205 cm³/mol. The second kappa shape index (κ2) is 17.2. The zero-order valence-electron chi connectivity index (χ0n) is 29.9. The number of rotatable bonds is 12. The van der Waals surface area contributed by atoms with E-state index in [2.05, 4.69) is 46.7 Å². The second-order valence-electron chi connectivity index (χ2n) is 13.9. The largest absolute Gasteiger partial charge is 0.457 e. The molecule has 9 nitrogen and oxygen atoms in total. The maximum atomic E-state index is 12.8. The fourth-order valence-electron chi connectivity index (χ4n) is 7.22. The third-order valence-electron chi connectivity index (χ3n) is 10.2. The number of hydrogen-bond acceptors (Lipinski definition) is 7. The van der Waals surface area contributed by atoms with Crippen molar-refractivity contribution in [3.05, 3.63) is 150 Å². The van der Waals surface area contributed by atoms with Gasteiger partial charge >= 0.3 is 6.03 Å². The van der Waals surface area contributed by atoms with E-state index in [4.69, 9.17) is 14.2 Å². The summed E-state index contributed by atoms with van der Waals surface area (Å²) in [5.41, 5.74) is 6.47. The molecule has 274 valence electrons. The number of amides is 2. The fourth-order valence-corrected chi connectivity index (χ4v) is 7.22. The molecule has 5 aromatic rings. The molecule has 0 aromatic heterocycles. The molecule has 0 unspecified atom stereocenters. The summed E-state index contributed by atoms with van der Waals surface area (Å²) in [7, 11) is 0. The fraction of sp³-hybridized carbons (Fsp3) is 0.295. The van der Waals surface area contributed by atoms with Crippen LogP contribution in [0, 0.1) is 5.92 Å². The average molecular weight is 714 g/mol. The molecule has 0 bridgehead atoms. The Balaban J connectivity index is 1.02. The van der Waals surface area contributed by atoms with E-state index in [0.29, 0.717) is 24.5 Å². The number of hydrogen-bond donors (Lipinski definition) is 4. The van der Waals surface area contributed by atoms with Gasteiger partial charge in [-0.25, -0.2) is 4.79 Å². The van der Waals surface area contributed by atoms with Gasteiger partial charge in [0, 0.05) is 36.3 Å². The van der Waals surface area contributed by atoms with E-state index in [0.717, 1.165) is 58.5 Å². The van der Waals surface area contributed by atoms with Crippen LogP contribution in [0.5, 0.6) is 11.5 Å². The summed E-state index contributed by atoms with van der Waals surface area (Å²) in [6.07, 6.45) is 1.13. The number of carbonyl (C=O) groups is 1. The molecule has 2 aliphatic heterocycles. The molecule has 2 amide bonds. The lowest BCUT2D eigenvalue weighted by Gasteiger charge is -2.43. The van der Waals surface area contributed by atoms with Gasteiger partial charge in [0.1, 0.15) is 11.5 Å². The highest BCUT2D eigenvalue weighted by atomic mass is 16.7. The van der Waals surface area contributed by atoms with Crippen LogP contribution in [0.25, 0.3) is 11.1 Å². The highest BCUT2D eigenvalue weighted by molar-refractivity contribution is 5.89. The van der Waals surface area contributed by atoms with E-state index < -0.39 is 6.29 Å². The van der Waals surface area contributed by atoms with E-state index in [1.54, 1.807) is 12.1 Å². The van der Waals surface area contributed by atoms with E-state index in [1.165, 1.54) is 0 Å². The van der Waals surface area contributed by atoms with Gasteiger partial charge in [-0.2, -0.15) is 0 Å². The van der Waals surface area contributed by atoms with Gasteiger partial charge in [0.25, 0.3) is 0 Å². The average Bonchev–Trinajstić information content (AvgIpc) is 3.66. The molecule has 2 fully saturated rings.